The number of unbranched alkanes of at least 4 members (excludes halogenated alkanes) is 2. The van der Waals surface area contributed by atoms with Crippen LogP contribution in [0.25, 0.3) is 0 Å². The molecule has 0 spiro atoms. The van der Waals surface area contributed by atoms with Crippen LogP contribution in [-0.4, -0.2) is 0 Å². The van der Waals surface area contributed by atoms with E-state index < -0.39 is 0 Å². The summed E-state index contributed by atoms with van der Waals surface area (Å²) in [6.45, 7) is 5.90. The van der Waals surface area contributed by atoms with Crippen LogP contribution in [0.15, 0.2) is 73.3 Å². The molecule has 0 aromatic heterocycles. The summed E-state index contributed by atoms with van der Waals surface area (Å²) in [6.07, 6.45) is 8.13. The molecular weight excluding hydrogens is 240 g/mol. The maximum Gasteiger partial charge on any atom is -0.0100 e. The average Bonchev–Trinajstić information content (AvgIpc) is 2.51. The molecule has 0 aliphatic heterocycles. The summed E-state index contributed by atoms with van der Waals surface area (Å²) in [6, 6.07) is 21.0. The average molecular weight is 266 g/mol. The molecule has 0 aliphatic rings. The van der Waals surface area contributed by atoms with Gasteiger partial charge in [-0.05, 0) is 30.4 Å². The first-order chi connectivity index (χ1) is 9.86. The van der Waals surface area contributed by atoms with Gasteiger partial charge < -0.3 is 0 Å². The van der Waals surface area contributed by atoms with E-state index in [0.29, 0.717) is 0 Å². The van der Waals surface area contributed by atoms with Crippen molar-refractivity contribution in [1.82, 2.24) is 0 Å². The molecule has 0 amide bonds. The Morgan fingerprint density at radius 2 is 1.35 bits per heavy atom. The molecule has 0 heterocycles. The van der Waals surface area contributed by atoms with Crippen molar-refractivity contribution in [3.05, 3.63) is 84.4 Å². The van der Waals surface area contributed by atoms with E-state index in [1.807, 2.05) is 24.3 Å². The number of rotatable bonds is 6. The quantitative estimate of drug-likeness (QED) is 0.455. The van der Waals surface area contributed by atoms with Gasteiger partial charge in [0.25, 0.3) is 0 Å². The molecular formula is C20H26. The number of hydrogen-bond acceptors (Lipinski definition) is 0. The lowest BCUT2D eigenvalue weighted by atomic mass is 10.1. The maximum atomic E-state index is 3.66. The van der Waals surface area contributed by atoms with Crippen LogP contribution in [0.4, 0.5) is 0 Å². The fourth-order valence-corrected chi connectivity index (χ4v) is 2.00. The summed E-state index contributed by atoms with van der Waals surface area (Å²) in [4.78, 5) is 0. The molecule has 0 radical (unpaired) electrons. The molecule has 0 aliphatic carbocycles. The normalized spacial score (nSPS) is 9.45. The molecule has 2 rings (SSSR count). The van der Waals surface area contributed by atoms with Gasteiger partial charge >= 0.3 is 0 Å². The van der Waals surface area contributed by atoms with Crippen molar-refractivity contribution >= 4 is 0 Å². The highest BCUT2D eigenvalue weighted by molar-refractivity contribution is 5.16. The monoisotopic (exact) mass is 266 g/mol. The van der Waals surface area contributed by atoms with Gasteiger partial charge in [-0.25, -0.2) is 0 Å². The summed E-state index contributed by atoms with van der Waals surface area (Å²) in [5, 5.41) is 0. The van der Waals surface area contributed by atoms with Gasteiger partial charge in [0.2, 0.25) is 0 Å². The molecule has 0 fully saturated rings. The Morgan fingerprint density at radius 3 is 1.85 bits per heavy atom. The predicted octanol–water partition coefficient (Wildman–Crippen LogP) is 5.83. The molecule has 2 aromatic carbocycles. The highest BCUT2D eigenvalue weighted by Gasteiger charge is 1.89. The molecule has 2 aromatic rings. The van der Waals surface area contributed by atoms with Crippen LogP contribution in [0.5, 0.6) is 0 Å². The Bertz CT molecular complexity index is 442. The van der Waals surface area contributed by atoms with Crippen molar-refractivity contribution in [2.75, 3.05) is 0 Å². The van der Waals surface area contributed by atoms with Gasteiger partial charge in [-0.15, -0.1) is 6.58 Å². The van der Waals surface area contributed by atoms with Crippen molar-refractivity contribution < 1.29 is 0 Å². The van der Waals surface area contributed by atoms with Crippen LogP contribution in [0, 0.1) is 0 Å². The van der Waals surface area contributed by atoms with Gasteiger partial charge in [-0.1, -0.05) is 86.5 Å². The van der Waals surface area contributed by atoms with Crippen molar-refractivity contribution in [2.24, 2.45) is 0 Å². The minimum atomic E-state index is 0.973. The van der Waals surface area contributed by atoms with E-state index in [1.54, 1.807) is 0 Å². The molecule has 106 valence electrons. The molecule has 0 nitrogen and oxygen atoms in total. The summed E-state index contributed by atoms with van der Waals surface area (Å²) in [5.74, 6) is 0. The largest absolute Gasteiger partial charge is 0.103 e. The number of aryl methyl sites for hydroxylation is 1. The highest BCUT2D eigenvalue weighted by Crippen LogP contribution is 2.05. The van der Waals surface area contributed by atoms with E-state index >= 15 is 0 Å². The van der Waals surface area contributed by atoms with Gasteiger partial charge in [0.05, 0.1) is 0 Å². The van der Waals surface area contributed by atoms with Gasteiger partial charge in [-0.3, -0.25) is 0 Å². The van der Waals surface area contributed by atoms with E-state index in [1.165, 1.54) is 36.8 Å². The van der Waals surface area contributed by atoms with Crippen molar-refractivity contribution in [2.45, 2.75) is 39.0 Å². The first kappa shape index (κ1) is 16.2. The molecule has 0 saturated carbocycles. The van der Waals surface area contributed by atoms with E-state index in [-0.39, 0.29) is 0 Å². The molecule has 0 bridgehead atoms. The van der Waals surface area contributed by atoms with Crippen LogP contribution in [0.1, 0.15) is 37.3 Å². The Labute approximate surface area is 124 Å². The molecule has 0 heteroatoms. The minimum Gasteiger partial charge on any atom is -0.103 e. The lowest BCUT2D eigenvalue weighted by Crippen LogP contribution is -1.83. The third-order valence-electron chi connectivity index (χ3n) is 3.13. The molecule has 20 heavy (non-hydrogen) atoms. The zero-order valence-electron chi connectivity index (χ0n) is 12.6. The molecule has 0 N–H and O–H groups in total. The third kappa shape index (κ3) is 7.58. The van der Waals surface area contributed by atoms with E-state index in [0.717, 1.165) is 6.42 Å². The fourth-order valence-electron chi connectivity index (χ4n) is 2.00. The van der Waals surface area contributed by atoms with E-state index in [9.17, 15) is 0 Å². The van der Waals surface area contributed by atoms with Crippen molar-refractivity contribution in [1.29, 1.82) is 0 Å². The zero-order valence-corrected chi connectivity index (χ0v) is 12.6. The zero-order chi connectivity index (χ0) is 14.5. The lowest BCUT2D eigenvalue weighted by molar-refractivity contribution is 0.717. The SMILES string of the molecule is C=CCc1ccccc1.CCCCCc1ccccc1. The van der Waals surface area contributed by atoms with Crippen LogP contribution in [-0.2, 0) is 12.8 Å². The second kappa shape index (κ2) is 11.0. The van der Waals surface area contributed by atoms with Gasteiger partial charge in [-0.2, -0.15) is 0 Å². The second-order valence-corrected chi connectivity index (χ2v) is 4.92. The Kier molecular flexibility index (Phi) is 8.97. The smallest absolute Gasteiger partial charge is 0.0100 e. The summed E-state index contributed by atoms with van der Waals surface area (Å²) in [5.41, 5.74) is 2.80. The number of allylic oxidation sites excluding steroid dienone is 1. The Morgan fingerprint density at radius 1 is 0.800 bits per heavy atom. The van der Waals surface area contributed by atoms with Crippen LogP contribution < -0.4 is 0 Å². The Balaban J connectivity index is 0.000000204. The van der Waals surface area contributed by atoms with Gasteiger partial charge in [0.1, 0.15) is 0 Å². The van der Waals surface area contributed by atoms with Gasteiger partial charge in [0, 0.05) is 0 Å². The van der Waals surface area contributed by atoms with Crippen LogP contribution in [0.2, 0.25) is 0 Å². The first-order valence-corrected chi connectivity index (χ1v) is 7.55. The van der Waals surface area contributed by atoms with Crippen molar-refractivity contribution in [3.63, 3.8) is 0 Å². The minimum absolute atomic E-state index is 0.973. The number of hydrogen-bond donors (Lipinski definition) is 0. The van der Waals surface area contributed by atoms with Gasteiger partial charge in [0.15, 0.2) is 0 Å². The highest BCUT2D eigenvalue weighted by atomic mass is 13.9. The lowest BCUT2D eigenvalue weighted by Gasteiger charge is -1.98. The second-order valence-electron chi connectivity index (χ2n) is 4.92. The van der Waals surface area contributed by atoms with E-state index in [4.69, 9.17) is 0 Å². The molecule has 0 saturated heterocycles. The Hall–Kier alpha value is -1.82. The number of benzene rings is 2. The molecule has 0 unspecified atom stereocenters. The van der Waals surface area contributed by atoms with E-state index in [2.05, 4.69) is 56.0 Å². The summed E-state index contributed by atoms with van der Waals surface area (Å²) < 4.78 is 0. The predicted molar refractivity (Wildman–Crippen MR) is 90.0 cm³/mol. The summed E-state index contributed by atoms with van der Waals surface area (Å²) >= 11 is 0. The molecule has 0 atom stereocenters. The summed E-state index contributed by atoms with van der Waals surface area (Å²) in [7, 11) is 0. The fraction of sp³-hybridized carbons (Fsp3) is 0.300. The topological polar surface area (TPSA) is 0 Å². The van der Waals surface area contributed by atoms with Crippen LogP contribution in [0.3, 0.4) is 0 Å². The maximum absolute atomic E-state index is 3.66. The van der Waals surface area contributed by atoms with Crippen LogP contribution >= 0.6 is 0 Å². The van der Waals surface area contributed by atoms with Crippen molar-refractivity contribution in [3.8, 4) is 0 Å². The standard InChI is InChI=1S/C11H16.C9H10/c1-2-3-5-8-11-9-6-4-7-10-11;1-2-6-9-7-4-3-5-8-9/h4,6-7,9-10H,2-3,5,8H2,1H3;2-5,7-8H,1,6H2. The third-order valence-corrected chi connectivity index (χ3v) is 3.13. The first-order valence-electron chi connectivity index (χ1n) is 7.55.